The molecule has 0 unspecified atom stereocenters. The highest BCUT2D eigenvalue weighted by atomic mass is 32.1. The van der Waals surface area contributed by atoms with Gasteiger partial charge in [-0.15, -0.1) is 0 Å². The number of ether oxygens (including phenoxy) is 2. The van der Waals surface area contributed by atoms with Crippen LogP contribution >= 0.6 is 11.3 Å². The van der Waals surface area contributed by atoms with Crippen molar-refractivity contribution in [2.45, 2.75) is 45.1 Å². The van der Waals surface area contributed by atoms with E-state index in [-0.39, 0.29) is 17.7 Å². The van der Waals surface area contributed by atoms with E-state index < -0.39 is 6.04 Å². The lowest BCUT2D eigenvalue weighted by molar-refractivity contribution is -0.126. The first-order chi connectivity index (χ1) is 13.1. The third-order valence-electron chi connectivity index (χ3n) is 5.00. The molecular formula is C19H23N3O4S. The summed E-state index contributed by atoms with van der Waals surface area (Å²) >= 11 is 1.39. The number of anilines is 1. The molecule has 1 aliphatic heterocycles. The van der Waals surface area contributed by atoms with Gasteiger partial charge in [-0.25, -0.2) is 4.98 Å². The van der Waals surface area contributed by atoms with Crippen LogP contribution in [0.3, 0.4) is 0 Å². The first kappa shape index (κ1) is 18.0. The Labute approximate surface area is 161 Å². The van der Waals surface area contributed by atoms with Crippen molar-refractivity contribution in [1.82, 2.24) is 10.3 Å². The summed E-state index contributed by atoms with van der Waals surface area (Å²) in [6.07, 6.45) is 4.96. The number of fused-ring (bicyclic) bond motifs is 2. The molecule has 7 nitrogen and oxygen atoms in total. The third-order valence-corrected chi connectivity index (χ3v) is 5.93. The zero-order chi connectivity index (χ0) is 18.8. The van der Waals surface area contributed by atoms with Gasteiger partial charge in [0.25, 0.3) is 0 Å². The number of aromatic nitrogens is 1. The van der Waals surface area contributed by atoms with Crippen molar-refractivity contribution in [3.05, 3.63) is 12.1 Å². The first-order valence-corrected chi connectivity index (χ1v) is 10.2. The van der Waals surface area contributed by atoms with Gasteiger partial charge in [-0.05, 0) is 18.8 Å². The molecule has 27 heavy (non-hydrogen) atoms. The molecule has 1 atom stereocenters. The number of hydrogen-bond donors (Lipinski definition) is 2. The molecule has 4 rings (SSSR count). The van der Waals surface area contributed by atoms with Crippen LogP contribution in [0.5, 0.6) is 11.5 Å². The summed E-state index contributed by atoms with van der Waals surface area (Å²) in [5.41, 5.74) is 0.761. The lowest BCUT2D eigenvalue weighted by atomic mass is 9.97. The number of thiazole rings is 1. The topological polar surface area (TPSA) is 89.6 Å². The fourth-order valence-electron chi connectivity index (χ4n) is 3.73. The Balaban J connectivity index is 1.54. The van der Waals surface area contributed by atoms with Crippen LogP contribution in [0, 0.1) is 5.92 Å². The van der Waals surface area contributed by atoms with Gasteiger partial charge in [0.1, 0.15) is 6.04 Å². The minimum Gasteiger partial charge on any atom is -0.490 e. The van der Waals surface area contributed by atoms with Crippen LogP contribution in [0.25, 0.3) is 10.2 Å². The second-order valence-corrected chi connectivity index (χ2v) is 8.08. The number of amides is 2. The molecule has 0 spiro atoms. The fourth-order valence-corrected chi connectivity index (χ4v) is 4.61. The van der Waals surface area contributed by atoms with Crippen LogP contribution in [0.4, 0.5) is 5.13 Å². The molecule has 1 aromatic heterocycles. The van der Waals surface area contributed by atoms with Crippen molar-refractivity contribution in [3.63, 3.8) is 0 Å². The molecule has 1 fully saturated rings. The molecule has 1 aromatic carbocycles. The minimum absolute atomic E-state index is 0.182. The van der Waals surface area contributed by atoms with Crippen molar-refractivity contribution < 1.29 is 19.1 Å². The molecule has 2 aliphatic rings. The van der Waals surface area contributed by atoms with Crippen molar-refractivity contribution in [2.24, 2.45) is 5.92 Å². The number of carbonyl (C=O) groups excluding carboxylic acids is 2. The van der Waals surface area contributed by atoms with Gasteiger partial charge >= 0.3 is 0 Å². The maximum absolute atomic E-state index is 12.8. The largest absolute Gasteiger partial charge is 0.490 e. The molecule has 0 bridgehead atoms. The number of rotatable bonds is 4. The van der Waals surface area contributed by atoms with Crippen LogP contribution in [0.15, 0.2) is 12.1 Å². The van der Waals surface area contributed by atoms with Gasteiger partial charge in [-0.2, -0.15) is 0 Å². The summed E-state index contributed by atoms with van der Waals surface area (Å²) in [4.78, 5) is 28.9. The van der Waals surface area contributed by atoms with Gasteiger partial charge in [0.05, 0.1) is 23.4 Å². The van der Waals surface area contributed by atoms with E-state index in [0.29, 0.717) is 29.8 Å². The van der Waals surface area contributed by atoms with Crippen molar-refractivity contribution >= 4 is 38.5 Å². The maximum atomic E-state index is 12.8. The fraction of sp³-hybridized carbons (Fsp3) is 0.526. The number of hydrogen-bond acceptors (Lipinski definition) is 6. The number of nitrogens with one attached hydrogen (secondary N) is 2. The Bertz CT molecular complexity index is 817. The second-order valence-electron chi connectivity index (χ2n) is 7.05. The Morgan fingerprint density at radius 2 is 1.85 bits per heavy atom. The summed E-state index contributed by atoms with van der Waals surface area (Å²) in [7, 11) is 0. The third kappa shape index (κ3) is 4.00. The average molecular weight is 389 g/mol. The number of carbonyl (C=O) groups is 2. The lowest BCUT2D eigenvalue weighted by Crippen LogP contribution is -2.47. The zero-order valence-corrected chi connectivity index (χ0v) is 16.1. The quantitative estimate of drug-likeness (QED) is 0.839. The van der Waals surface area contributed by atoms with Gasteiger partial charge in [0.15, 0.2) is 16.6 Å². The van der Waals surface area contributed by atoms with Crippen molar-refractivity contribution in [2.75, 3.05) is 18.5 Å². The summed E-state index contributed by atoms with van der Waals surface area (Å²) in [5.74, 6) is 1.18. The van der Waals surface area contributed by atoms with Crippen LogP contribution in [0.1, 0.15) is 39.0 Å². The van der Waals surface area contributed by atoms with E-state index >= 15 is 0 Å². The minimum atomic E-state index is -0.514. The van der Waals surface area contributed by atoms with E-state index in [1.807, 2.05) is 12.1 Å². The molecule has 0 saturated heterocycles. The van der Waals surface area contributed by atoms with Crippen LogP contribution in [-0.2, 0) is 9.59 Å². The smallest absolute Gasteiger partial charge is 0.249 e. The molecule has 144 valence electrons. The first-order valence-electron chi connectivity index (χ1n) is 9.38. The molecule has 2 aromatic rings. The van der Waals surface area contributed by atoms with E-state index in [1.54, 1.807) is 0 Å². The number of benzene rings is 1. The van der Waals surface area contributed by atoms with Crippen LogP contribution < -0.4 is 20.1 Å². The normalized spacial score (nSPS) is 18.1. The maximum Gasteiger partial charge on any atom is 0.249 e. The van der Waals surface area contributed by atoms with Gasteiger partial charge < -0.3 is 20.1 Å². The van der Waals surface area contributed by atoms with E-state index in [2.05, 4.69) is 15.6 Å². The number of nitrogens with zero attached hydrogens (tertiary/aromatic N) is 1. The van der Waals surface area contributed by atoms with Crippen LogP contribution in [-0.4, -0.2) is 36.1 Å². The molecule has 2 heterocycles. The van der Waals surface area contributed by atoms with Gasteiger partial charge in [-0.1, -0.05) is 24.2 Å². The molecular weight excluding hydrogens is 366 g/mol. The van der Waals surface area contributed by atoms with Crippen molar-refractivity contribution in [3.8, 4) is 11.5 Å². The highest BCUT2D eigenvalue weighted by Crippen LogP contribution is 2.38. The van der Waals surface area contributed by atoms with Crippen molar-refractivity contribution in [1.29, 1.82) is 0 Å². The summed E-state index contributed by atoms with van der Waals surface area (Å²) in [5, 5.41) is 6.22. The Morgan fingerprint density at radius 3 is 2.56 bits per heavy atom. The summed E-state index contributed by atoms with van der Waals surface area (Å²) in [6, 6.07) is 3.25. The SMILES string of the molecule is CC(=O)N[C@H](C(=O)Nc1nc2cc3c(cc2s1)OCCCO3)C1CCCC1. The van der Waals surface area contributed by atoms with E-state index in [1.165, 1.54) is 18.3 Å². The Hall–Kier alpha value is -2.35. The molecule has 2 N–H and O–H groups in total. The highest BCUT2D eigenvalue weighted by molar-refractivity contribution is 7.22. The molecule has 2 amide bonds. The Morgan fingerprint density at radius 1 is 1.15 bits per heavy atom. The van der Waals surface area contributed by atoms with E-state index in [0.717, 1.165) is 42.3 Å². The zero-order valence-electron chi connectivity index (χ0n) is 15.2. The predicted molar refractivity (Wildman–Crippen MR) is 103 cm³/mol. The van der Waals surface area contributed by atoms with Gasteiger partial charge in [-0.3, -0.25) is 9.59 Å². The van der Waals surface area contributed by atoms with E-state index in [9.17, 15) is 9.59 Å². The lowest BCUT2D eigenvalue weighted by Gasteiger charge is -2.22. The molecule has 0 radical (unpaired) electrons. The highest BCUT2D eigenvalue weighted by Gasteiger charge is 2.31. The standard InChI is InChI=1S/C19H23N3O4S/c1-11(23)20-17(12-5-2-3-6-12)18(24)22-19-21-13-9-14-15(10-16(13)27-19)26-8-4-7-25-14/h9-10,12,17H,2-8H2,1H3,(H,20,23)(H,21,22,24)/t17-/m0/s1. The monoisotopic (exact) mass is 389 g/mol. The predicted octanol–water partition coefficient (Wildman–Crippen LogP) is 3.09. The van der Waals surface area contributed by atoms with Gasteiger partial charge in [0, 0.05) is 25.5 Å². The summed E-state index contributed by atoms with van der Waals surface area (Å²) in [6.45, 7) is 2.69. The molecule has 1 saturated carbocycles. The van der Waals surface area contributed by atoms with Crippen LogP contribution in [0.2, 0.25) is 0 Å². The van der Waals surface area contributed by atoms with Gasteiger partial charge in [0.2, 0.25) is 11.8 Å². The molecule has 1 aliphatic carbocycles. The average Bonchev–Trinajstić information content (AvgIpc) is 3.22. The second kappa shape index (κ2) is 7.72. The summed E-state index contributed by atoms with van der Waals surface area (Å²) < 4.78 is 12.3. The molecule has 8 heteroatoms. The Kier molecular flexibility index (Phi) is 5.15. The van der Waals surface area contributed by atoms with E-state index in [4.69, 9.17) is 9.47 Å².